The van der Waals surface area contributed by atoms with Gasteiger partial charge in [0.25, 0.3) is 0 Å². The first-order valence-corrected chi connectivity index (χ1v) is 5.06. The van der Waals surface area contributed by atoms with E-state index in [0.717, 1.165) is 28.4 Å². The van der Waals surface area contributed by atoms with E-state index < -0.39 is 0 Å². The van der Waals surface area contributed by atoms with Crippen LogP contribution >= 0.6 is 15.9 Å². The lowest BCUT2D eigenvalue weighted by molar-refractivity contribution is 0.0947. The van der Waals surface area contributed by atoms with Gasteiger partial charge in [0.05, 0.1) is 6.04 Å². The molecule has 1 aliphatic rings. The van der Waals surface area contributed by atoms with E-state index >= 15 is 0 Å². The molecule has 0 aromatic heterocycles. The molecule has 0 aliphatic heterocycles. The lowest BCUT2D eigenvalue weighted by atomic mass is 9.88. The zero-order valence-electron chi connectivity index (χ0n) is 7.09. The number of benzene rings is 1. The molecule has 0 bridgehead atoms. The highest BCUT2D eigenvalue weighted by molar-refractivity contribution is 9.10. The van der Waals surface area contributed by atoms with Gasteiger partial charge in [-0.15, -0.1) is 0 Å². The van der Waals surface area contributed by atoms with Crippen molar-refractivity contribution in [3.8, 4) is 0 Å². The third kappa shape index (κ3) is 1.42. The molecular weight excluding hydrogens is 230 g/mol. The lowest BCUT2D eigenvalue weighted by Gasteiger charge is -2.20. The molecule has 1 aromatic rings. The Labute approximate surface area is 85.3 Å². The van der Waals surface area contributed by atoms with E-state index in [4.69, 9.17) is 5.73 Å². The average Bonchev–Trinajstić information content (AvgIpc) is 2.12. The number of rotatable bonds is 0. The van der Waals surface area contributed by atoms with Gasteiger partial charge in [-0.25, -0.2) is 0 Å². The van der Waals surface area contributed by atoms with Crippen molar-refractivity contribution in [1.29, 1.82) is 0 Å². The molecule has 13 heavy (non-hydrogen) atoms. The minimum Gasteiger partial charge on any atom is -0.321 e. The molecule has 68 valence electrons. The van der Waals surface area contributed by atoms with Gasteiger partial charge in [0.15, 0.2) is 5.78 Å². The molecule has 3 heteroatoms. The summed E-state index contributed by atoms with van der Waals surface area (Å²) >= 11 is 3.37. The van der Waals surface area contributed by atoms with Gasteiger partial charge in [0.1, 0.15) is 0 Å². The number of halogens is 1. The number of ketones is 1. The van der Waals surface area contributed by atoms with Crippen molar-refractivity contribution < 1.29 is 4.79 Å². The Morgan fingerprint density at radius 2 is 2.23 bits per heavy atom. The van der Waals surface area contributed by atoms with Gasteiger partial charge in [0.2, 0.25) is 0 Å². The first-order valence-electron chi connectivity index (χ1n) is 4.27. The van der Waals surface area contributed by atoms with Crippen LogP contribution in [0.15, 0.2) is 22.7 Å². The van der Waals surface area contributed by atoms with Gasteiger partial charge in [-0.05, 0) is 24.5 Å². The molecule has 0 heterocycles. The number of aryl methyl sites for hydroxylation is 1. The van der Waals surface area contributed by atoms with Crippen LogP contribution in [0.1, 0.15) is 22.3 Å². The lowest BCUT2D eigenvalue weighted by Crippen LogP contribution is -2.35. The number of hydrogen-bond acceptors (Lipinski definition) is 2. The maximum absolute atomic E-state index is 11.7. The normalized spacial score (nSPS) is 21.4. The summed E-state index contributed by atoms with van der Waals surface area (Å²) in [6, 6.07) is 5.51. The number of nitrogens with two attached hydrogens (primary N) is 1. The predicted molar refractivity (Wildman–Crippen MR) is 54.8 cm³/mol. The minimum atomic E-state index is -0.314. The van der Waals surface area contributed by atoms with Gasteiger partial charge in [-0.2, -0.15) is 0 Å². The Bertz CT molecular complexity index is 362. The third-order valence-corrected chi connectivity index (χ3v) is 3.07. The Balaban J connectivity index is 2.57. The SMILES string of the molecule is NC1CCc2cccc(Br)c2C1=O. The van der Waals surface area contributed by atoms with Gasteiger partial charge in [-0.3, -0.25) is 4.79 Å². The Morgan fingerprint density at radius 3 is 3.00 bits per heavy atom. The van der Waals surface area contributed by atoms with Crippen LogP contribution in [0.5, 0.6) is 0 Å². The summed E-state index contributed by atoms with van der Waals surface area (Å²) in [6.45, 7) is 0. The fourth-order valence-corrected chi connectivity index (χ4v) is 2.28. The van der Waals surface area contributed by atoms with E-state index in [-0.39, 0.29) is 11.8 Å². The van der Waals surface area contributed by atoms with Crippen molar-refractivity contribution in [2.75, 3.05) is 0 Å². The quantitative estimate of drug-likeness (QED) is 0.752. The van der Waals surface area contributed by atoms with Crippen LogP contribution in [0.4, 0.5) is 0 Å². The fourth-order valence-electron chi connectivity index (χ4n) is 1.68. The number of fused-ring (bicyclic) bond motifs is 1. The first-order chi connectivity index (χ1) is 6.20. The van der Waals surface area contributed by atoms with Crippen molar-refractivity contribution in [3.05, 3.63) is 33.8 Å². The van der Waals surface area contributed by atoms with Crippen LogP contribution < -0.4 is 5.73 Å². The summed E-state index contributed by atoms with van der Waals surface area (Å²) in [4.78, 5) is 11.7. The van der Waals surface area contributed by atoms with E-state index in [1.54, 1.807) is 0 Å². The number of carbonyl (C=O) groups is 1. The maximum Gasteiger partial charge on any atom is 0.180 e. The highest BCUT2D eigenvalue weighted by atomic mass is 79.9. The van der Waals surface area contributed by atoms with Gasteiger partial charge in [0, 0.05) is 10.0 Å². The van der Waals surface area contributed by atoms with E-state index in [0.29, 0.717) is 0 Å². The Hall–Kier alpha value is -0.670. The Morgan fingerprint density at radius 1 is 1.46 bits per heavy atom. The molecule has 1 aliphatic carbocycles. The zero-order valence-corrected chi connectivity index (χ0v) is 8.67. The molecule has 0 radical (unpaired) electrons. The van der Waals surface area contributed by atoms with Crippen LogP contribution in [-0.4, -0.2) is 11.8 Å². The predicted octanol–water partition coefficient (Wildman–Crippen LogP) is 1.91. The van der Waals surface area contributed by atoms with E-state index in [9.17, 15) is 4.79 Å². The molecule has 2 rings (SSSR count). The monoisotopic (exact) mass is 239 g/mol. The molecule has 0 amide bonds. The summed E-state index contributed by atoms with van der Waals surface area (Å²) in [5.74, 6) is 0.0636. The summed E-state index contributed by atoms with van der Waals surface area (Å²) in [5, 5.41) is 0. The van der Waals surface area contributed by atoms with Crippen LogP contribution in [0.3, 0.4) is 0 Å². The van der Waals surface area contributed by atoms with Crippen LogP contribution in [0.25, 0.3) is 0 Å². The molecule has 0 spiro atoms. The van der Waals surface area contributed by atoms with Crippen molar-refractivity contribution in [1.82, 2.24) is 0 Å². The largest absolute Gasteiger partial charge is 0.321 e. The zero-order chi connectivity index (χ0) is 9.42. The topological polar surface area (TPSA) is 43.1 Å². The van der Waals surface area contributed by atoms with Crippen LogP contribution in [0.2, 0.25) is 0 Å². The van der Waals surface area contributed by atoms with Gasteiger partial charge in [-0.1, -0.05) is 28.1 Å². The minimum absolute atomic E-state index is 0.0636. The highest BCUT2D eigenvalue weighted by Gasteiger charge is 2.25. The number of carbonyl (C=O) groups excluding carboxylic acids is 1. The molecular formula is C10H10BrNO. The molecule has 1 atom stereocenters. The first kappa shape index (κ1) is 8.91. The van der Waals surface area contributed by atoms with Crippen molar-refractivity contribution >= 4 is 21.7 Å². The molecule has 2 N–H and O–H groups in total. The second-order valence-corrected chi connectivity index (χ2v) is 4.14. The van der Waals surface area contributed by atoms with Gasteiger partial charge < -0.3 is 5.73 Å². The molecule has 2 nitrogen and oxygen atoms in total. The summed E-state index contributed by atoms with van der Waals surface area (Å²) in [6.07, 6.45) is 1.67. The Kier molecular flexibility index (Phi) is 2.22. The summed E-state index contributed by atoms with van der Waals surface area (Å²) in [5.41, 5.74) is 7.58. The standard InChI is InChI=1S/C10H10BrNO/c11-7-3-1-2-6-4-5-8(12)10(13)9(6)7/h1-3,8H,4-5,12H2. The van der Waals surface area contributed by atoms with Gasteiger partial charge >= 0.3 is 0 Å². The molecule has 0 fully saturated rings. The van der Waals surface area contributed by atoms with E-state index in [2.05, 4.69) is 15.9 Å². The van der Waals surface area contributed by atoms with Crippen molar-refractivity contribution in [2.24, 2.45) is 5.73 Å². The van der Waals surface area contributed by atoms with Crippen molar-refractivity contribution in [2.45, 2.75) is 18.9 Å². The smallest absolute Gasteiger partial charge is 0.180 e. The van der Waals surface area contributed by atoms with Crippen LogP contribution in [0, 0.1) is 0 Å². The highest BCUT2D eigenvalue weighted by Crippen LogP contribution is 2.27. The van der Waals surface area contributed by atoms with Crippen LogP contribution in [-0.2, 0) is 6.42 Å². The number of Topliss-reactive ketones (excluding diaryl/α,β-unsaturated/α-hetero) is 1. The second kappa shape index (κ2) is 3.24. The summed E-state index contributed by atoms with van der Waals surface area (Å²) < 4.78 is 0.866. The molecule has 0 saturated carbocycles. The van der Waals surface area contributed by atoms with E-state index in [1.807, 2.05) is 18.2 Å². The number of hydrogen-bond donors (Lipinski definition) is 1. The second-order valence-electron chi connectivity index (χ2n) is 3.28. The third-order valence-electron chi connectivity index (χ3n) is 2.41. The average molecular weight is 240 g/mol. The molecule has 0 saturated heterocycles. The summed E-state index contributed by atoms with van der Waals surface area (Å²) in [7, 11) is 0. The molecule has 1 unspecified atom stereocenters. The van der Waals surface area contributed by atoms with E-state index in [1.165, 1.54) is 0 Å². The van der Waals surface area contributed by atoms with Crippen molar-refractivity contribution in [3.63, 3.8) is 0 Å². The fraction of sp³-hybridized carbons (Fsp3) is 0.300. The molecule has 1 aromatic carbocycles. The maximum atomic E-state index is 11.7.